The Balaban J connectivity index is 1.46. The summed E-state index contributed by atoms with van der Waals surface area (Å²) in [5.41, 5.74) is 0.950. The van der Waals surface area contributed by atoms with E-state index >= 15 is 0 Å². The zero-order valence-corrected chi connectivity index (χ0v) is 18.9. The van der Waals surface area contributed by atoms with Gasteiger partial charge in [0.25, 0.3) is 0 Å². The smallest absolute Gasteiger partial charge is 0.426 e. The predicted octanol–water partition coefficient (Wildman–Crippen LogP) is 2.54. The van der Waals surface area contributed by atoms with Gasteiger partial charge in [0.2, 0.25) is 5.91 Å². The molecule has 0 unspecified atom stereocenters. The maximum Gasteiger partial charge on any atom is 0.426 e. The van der Waals surface area contributed by atoms with Crippen LogP contribution in [0.5, 0.6) is 5.75 Å². The van der Waals surface area contributed by atoms with Crippen LogP contribution >= 0.6 is 0 Å². The van der Waals surface area contributed by atoms with Crippen LogP contribution < -0.4 is 20.7 Å². The zero-order valence-electron chi connectivity index (χ0n) is 18.9. The molecule has 1 aliphatic heterocycles. The summed E-state index contributed by atoms with van der Waals surface area (Å²) in [7, 11) is 1.63. The lowest BCUT2D eigenvalue weighted by molar-refractivity contribution is -0.147. The molecule has 3 rings (SSSR count). The summed E-state index contributed by atoms with van der Waals surface area (Å²) in [6, 6.07) is 7.01. The molecule has 3 N–H and O–H groups in total. The van der Waals surface area contributed by atoms with Gasteiger partial charge in [-0.2, -0.15) is 0 Å². The summed E-state index contributed by atoms with van der Waals surface area (Å²) in [5.74, 6) is 1.07. The molecule has 1 heterocycles. The van der Waals surface area contributed by atoms with Crippen LogP contribution in [0.2, 0.25) is 0 Å². The van der Waals surface area contributed by atoms with Crippen LogP contribution in [-0.2, 0) is 14.4 Å². The lowest BCUT2D eigenvalue weighted by atomic mass is 9.84. The molecular weight excluding hydrogens is 412 g/mol. The van der Waals surface area contributed by atoms with E-state index < -0.39 is 12.1 Å². The lowest BCUT2D eigenvalue weighted by Gasteiger charge is -2.28. The molecule has 1 aromatic carbocycles. The summed E-state index contributed by atoms with van der Waals surface area (Å²) < 4.78 is 10.4. The standard InChI is InChI=1S/C23H36N4O5/c1-30-20-9-7-19(8-10-20)24-11-12-25-22(28)21(17-18-5-3-2-4-6-18)26-23(29)32-27-13-15-31-16-14-27/h7-10,18,21,24H,2-6,11-17H2,1H3,(H,25,28)(H,26,29)/t21-/m0/s1. The van der Waals surface area contributed by atoms with Crippen molar-refractivity contribution in [3.8, 4) is 5.75 Å². The third kappa shape index (κ3) is 8.20. The summed E-state index contributed by atoms with van der Waals surface area (Å²) in [5, 5.41) is 10.6. The van der Waals surface area contributed by atoms with Crippen LogP contribution in [0.4, 0.5) is 10.5 Å². The van der Waals surface area contributed by atoms with Crippen LogP contribution in [0, 0.1) is 5.92 Å². The number of anilines is 1. The largest absolute Gasteiger partial charge is 0.497 e. The highest BCUT2D eigenvalue weighted by Gasteiger charge is 2.27. The van der Waals surface area contributed by atoms with Crippen LogP contribution in [-0.4, -0.2) is 69.6 Å². The van der Waals surface area contributed by atoms with E-state index in [2.05, 4.69) is 16.0 Å². The summed E-state index contributed by atoms with van der Waals surface area (Å²) in [6.07, 6.45) is 5.87. The van der Waals surface area contributed by atoms with Crippen LogP contribution in [0.25, 0.3) is 0 Å². The van der Waals surface area contributed by atoms with Crippen molar-refractivity contribution in [3.05, 3.63) is 24.3 Å². The summed E-state index contributed by atoms with van der Waals surface area (Å²) in [6.45, 7) is 3.15. The van der Waals surface area contributed by atoms with Gasteiger partial charge in [-0.1, -0.05) is 32.1 Å². The van der Waals surface area contributed by atoms with E-state index in [0.717, 1.165) is 24.3 Å². The Morgan fingerprint density at radius 1 is 1.09 bits per heavy atom. The molecule has 9 heteroatoms. The first-order valence-electron chi connectivity index (χ1n) is 11.6. The third-order valence-corrected chi connectivity index (χ3v) is 5.93. The van der Waals surface area contributed by atoms with Crippen molar-refractivity contribution in [2.45, 2.75) is 44.6 Å². The van der Waals surface area contributed by atoms with E-state index in [1.807, 2.05) is 24.3 Å². The fraction of sp³-hybridized carbons (Fsp3) is 0.652. The molecule has 1 atom stereocenters. The number of carbonyl (C=O) groups excluding carboxylic acids is 2. The average molecular weight is 449 g/mol. The number of nitrogens with one attached hydrogen (secondary N) is 3. The second kappa shape index (κ2) is 13.1. The molecule has 0 aromatic heterocycles. The van der Waals surface area contributed by atoms with Gasteiger partial charge in [0.15, 0.2) is 0 Å². The van der Waals surface area contributed by atoms with Crippen LogP contribution in [0.15, 0.2) is 24.3 Å². The monoisotopic (exact) mass is 448 g/mol. The number of hydrogen-bond acceptors (Lipinski definition) is 7. The number of amides is 2. The Morgan fingerprint density at radius 2 is 1.81 bits per heavy atom. The highest BCUT2D eigenvalue weighted by atomic mass is 16.7. The van der Waals surface area contributed by atoms with Gasteiger partial charge in [0, 0.05) is 18.8 Å². The predicted molar refractivity (Wildman–Crippen MR) is 121 cm³/mol. The van der Waals surface area contributed by atoms with Gasteiger partial charge >= 0.3 is 6.09 Å². The van der Waals surface area contributed by atoms with Gasteiger partial charge in [-0.25, -0.2) is 4.79 Å². The molecule has 1 aliphatic carbocycles. The minimum absolute atomic E-state index is 0.175. The zero-order chi connectivity index (χ0) is 22.6. The molecular formula is C23H36N4O5. The quantitative estimate of drug-likeness (QED) is 0.473. The van der Waals surface area contributed by atoms with Crippen molar-refractivity contribution < 1.29 is 23.9 Å². The second-order valence-electron chi connectivity index (χ2n) is 8.30. The van der Waals surface area contributed by atoms with E-state index in [4.69, 9.17) is 14.3 Å². The van der Waals surface area contributed by atoms with Gasteiger partial charge in [-0.3, -0.25) is 4.79 Å². The minimum atomic E-state index is -0.604. The average Bonchev–Trinajstić information content (AvgIpc) is 2.83. The van der Waals surface area contributed by atoms with Gasteiger partial charge in [0.1, 0.15) is 11.8 Å². The number of benzene rings is 1. The van der Waals surface area contributed by atoms with E-state index in [-0.39, 0.29) is 5.91 Å². The molecule has 32 heavy (non-hydrogen) atoms. The molecule has 2 aliphatic rings. The number of hydrogen-bond donors (Lipinski definition) is 3. The highest BCUT2D eigenvalue weighted by Crippen LogP contribution is 2.27. The van der Waals surface area contributed by atoms with Gasteiger partial charge < -0.3 is 30.3 Å². The number of carbonyl (C=O) groups is 2. The molecule has 0 radical (unpaired) electrons. The topological polar surface area (TPSA) is 101 Å². The summed E-state index contributed by atoms with van der Waals surface area (Å²) >= 11 is 0. The molecule has 1 saturated heterocycles. The number of ether oxygens (including phenoxy) is 2. The fourth-order valence-corrected chi connectivity index (χ4v) is 4.14. The van der Waals surface area contributed by atoms with Gasteiger partial charge in [-0.05, 0) is 36.6 Å². The van der Waals surface area contributed by atoms with Crippen molar-refractivity contribution in [2.24, 2.45) is 5.92 Å². The summed E-state index contributed by atoms with van der Waals surface area (Å²) in [4.78, 5) is 30.7. The maximum atomic E-state index is 12.9. The first-order valence-corrected chi connectivity index (χ1v) is 11.6. The number of hydroxylamine groups is 2. The molecule has 1 saturated carbocycles. The second-order valence-corrected chi connectivity index (χ2v) is 8.30. The van der Waals surface area contributed by atoms with E-state index in [1.54, 1.807) is 12.2 Å². The molecule has 2 amide bonds. The first kappa shape index (κ1) is 24.1. The van der Waals surface area contributed by atoms with E-state index in [1.165, 1.54) is 19.3 Å². The number of rotatable bonds is 10. The molecule has 178 valence electrons. The van der Waals surface area contributed by atoms with E-state index in [9.17, 15) is 9.59 Å². The van der Waals surface area contributed by atoms with Crippen molar-refractivity contribution in [2.75, 3.05) is 51.8 Å². The van der Waals surface area contributed by atoms with Crippen molar-refractivity contribution in [3.63, 3.8) is 0 Å². The Bertz CT molecular complexity index is 703. The minimum Gasteiger partial charge on any atom is -0.497 e. The number of nitrogens with zero attached hydrogens (tertiary/aromatic N) is 1. The normalized spacial score (nSPS) is 18.4. The van der Waals surface area contributed by atoms with Crippen molar-refractivity contribution in [1.82, 2.24) is 15.7 Å². The fourth-order valence-electron chi connectivity index (χ4n) is 4.14. The van der Waals surface area contributed by atoms with Crippen molar-refractivity contribution in [1.29, 1.82) is 0 Å². The molecule has 0 spiro atoms. The molecule has 2 fully saturated rings. The number of morpholine rings is 1. The molecule has 0 bridgehead atoms. The van der Waals surface area contributed by atoms with Gasteiger partial charge in [-0.15, -0.1) is 5.06 Å². The third-order valence-electron chi connectivity index (χ3n) is 5.93. The Hall–Kier alpha value is -2.52. The van der Waals surface area contributed by atoms with Gasteiger partial charge in [0.05, 0.1) is 33.4 Å². The number of methoxy groups -OCH3 is 1. The first-order chi connectivity index (χ1) is 15.6. The highest BCUT2D eigenvalue weighted by molar-refractivity contribution is 5.85. The van der Waals surface area contributed by atoms with Crippen LogP contribution in [0.1, 0.15) is 38.5 Å². The Labute approximate surface area is 190 Å². The molecule has 1 aromatic rings. The van der Waals surface area contributed by atoms with E-state index in [0.29, 0.717) is 51.7 Å². The van der Waals surface area contributed by atoms with Crippen molar-refractivity contribution >= 4 is 17.7 Å². The Morgan fingerprint density at radius 3 is 2.50 bits per heavy atom. The lowest BCUT2D eigenvalue weighted by Crippen LogP contribution is -2.50. The maximum absolute atomic E-state index is 12.9. The SMILES string of the molecule is COc1ccc(NCCNC(=O)[C@H](CC2CCCCC2)NC(=O)ON2CCOCC2)cc1. The Kier molecular flexibility index (Phi) is 9.90. The van der Waals surface area contributed by atoms with Crippen LogP contribution in [0.3, 0.4) is 0 Å². The molecule has 9 nitrogen and oxygen atoms in total.